The van der Waals surface area contributed by atoms with E-state index in [1.54, 1.807) is 48.7 Å². The number of aromatic nitrogens is 3. The zero-order chi connectivity index (χ0) is 23.7. The molecule has 0 unspecified atom stereocenters. The van der Waals surface area contributed by atoms with E-state index < -0.39 is 17.2 Å². The third-order valence-electron chi connectivity index (χ3n) is 5.15. The molecule has 2 aromatic heterocycles. The lowest BCUT2D eigenvalue weighted by Gasteiger charge is -2.14. The van der Waals surface area contributed by atoms with Crippen LogP contribution < -0.4 is 10.9 Å². The van der Waals surface area contributed by atoms with E-state index in [1.807, 2.05) is 12.1 Å². The molecule has 5 aromatic rings. The molecule has 9 heteroatoms. The first-order valence-electron chi connectivity index (χ1n) is 10.2. The lowest BCUT2D eigenvalue weighted by atomic mass is 10.2. The number of amides is 1. The number of halogens is 2. The number of hydrogen-bond acceptors (Lipinski definition) is 5. The summed E-state index contributed by atoms with van der Waals surface area (Å²) in [5, 5.41) is 4.03. The highest BCUT2D eigenvalue weighted by molar-refractivity contribution is 7.99. The SMILES string of the molecule is O=C(CSc1nc2ccccc2c(=O)n1-c1ccc(F)cc1F)Nc1cccc2ncccc12. The largest absolute Gasteiger partial charge is 0.325 e. The number of anilines is 1. The van der Waals surface area contributed by atoms with Crippen LogP contribution in [0.15, 0.2) is 88.9 Å². The molecule has 0 saturated heterocycles. The zero-order valence-corrected chi connectivity index (χ0v) is 18.4. The van der Waals surface area contributed by atoms with Gasteiger partial charge in [0.05, 0.1) is 33.5 Å². The van der Waals surface area contributed by atoms with Crippen molar-refractivity contribution in [2.24, 2.45) is 0 Å². The van der Waals surface area contributed by atoms with Crippen LogP contribution in [0.1, 0.15) is 0 Å². The van der Waals surface area contributed by atoms with E-state index in [0.717, 1.165) is 33.3 Å². The molecule has 5 rings (SSSR count). The van der Waals surface area contributed by atoms with E-state index in [4.69, 9.17) is 0 Å². The predicted molar refractivity (Wildman–Crippen MR) is 128 cm³/mol. The van der Waals surface area contributed by atoms with Crippen LogP contribution >= 0.6 is 11.8 Å². The lowest BCUT2D eigenvalue weighted by Crippen LogP contribution is -2.23. The van der Waals surface area contributed by atoms with Crippen molar-refractivity contribution < 1.29 is 13.6 Å². The van der Waals surface area contributed by atoms with Gasteiger partial charge in [-0.2, -0.15) is 0 Å². The maximum Gasteiger partial charge on any atom is 0.266 e. The Morgan fingerprint density at radius 3 is 2.59 bits per heavy atom. The summed E-state index contributed by atoms with van der Waals surface area (Å²) in [6, 6.07) is 18.6. The molecule has 0 fully saturated rings. The van der Waals surface area contributed by atoms with Crippen LogP contribution in [0.2, 0.25) is 0 Å². The van der Waals surface area contributed by atoms with Crippen molar-refractivity contribution in [3.8, 4) is 5.69 Å². The molecule has 0 atom stereocenters. The number of nitrogens with one attached hydrogen (secondary N) is 1. The first-order valence-corrected chi connectivity index (χ1v) is 11.2. The van der Waals surface area contributed by atoms with Crippen LogP contribution in [0.25, 0.3) is 27.5 Å². The highest BCUT2D eigenvalue weighted by Crippen LogP contribution is 2.25. The molecule has 1 amide bonds. The molecule has 34 heavy (non-hydrogen) atoms. The summed E-state index contributed by atoms with van der Waals surface area (Å²) in [5.74, 6) is -2.10. The summed E-state index contributed by atoms with van der Waals surface area (Å²) in [6.07, 6.45) is 1.67. The van der Waals surface area contributed by atoms with Crippen LogP contribution in [0.3, 0.4) is 0 Å². The Bertz CT molecular complexity index is 1620. The molecule has 3 aromatic carbocycles. The van der Waals surface area contributed by atoms with Crippen LogP contribution in [0.5, 0.6) is 0 Å². The number of benzene rings is 3. The number of fused-ring (bicyclic) bond motifs is 2. The van der Waals surface area contributed by atoms with Gasteiger partial charge in [-0.1, -0.05) is 30.0 Å². The van der Waals surface area contributed by atoms with Gasteiger partial charge < -0.3 is 5.32 Å². The van der Waals surface area contributed by atoms with E-state index in [0.29, 0.717) is 17.3 Å². The zero-order valence-electron chi connectivity index (χ0n) is 17.5. The number of carbonyl (C=O) groups is 1. The number of carbonyl (C=O) groups excluding carboxylic acids is 1. The van der Waals surface area contributed by atoms with Gasteiger partial charge in [-0.15, -0.1) is 0 Å². The molecule has 168 valence electrons. The first-order chi connectivity index (χ1) is 16.5. The van der Waals surface area contributed by atoms with E-state index >= 15 is 0 Å². The fraction of sp³-hybridized carbons (Fsp3) is 0.0400. The second kappa shape index (κ2) is 9.03. The molecule has 0 aliphatic heterocycles. The predicted octanol–water partition coefficient (Wildman–Crippen LogP) is 4.94. The standard InChI is InChI=1S/C25H16F2N4O2S/c26-15-10-11-22(18(27)13-15)31-24(33)17-5-1-2-7-21(17)30-25(31)34-14-23(32)29-20-9-3-8-19-16(20)6-4-12-28-19/h1-13H,14H2,(H,29,32). The van der Waals surface area contributed by atoms with Crippen molar-refractivity contribution in [2.45, 2.75) is 5.16 Å². The number of rotatable bonds is 5. The Morgan fingerprint density at radius 1 is 0.941 bits per heavy atom. The molecule has 0 spiro atoms. The Labute approximate surface area is 196 Å². The average molecular weight is 474 g/mol. The second-order valence-corrected chi connectivity index (χ2v) is 8.30. The van der Waals surface area contributed by atoms with E-state index in [-0.39, 0.29) is 27.9 Å². The Kier molecular flexibility index (Phi) is 5.77. The number of para-hydroxylation sites is 1. The number of pyridine rings is 1. The molecule has 2 heterocycles. The fourth-order valence-electron chi connectivity index (χ4n) is 3.61. The summed E-state index contributed by atoms with van der Waals surface area (Å²) in [7, 11) is 0. The van der Waals surface area contributed by atoms with Crippen molar-refractivity contribution in [1.29, 1.82) is 0 Å². The van der Waals surface area contributed by atoms with Crippen molar-refractivity contribution in [2.75, 3.05) is 11.1 Å². The maximum absolute atomic E-state index is 14.6. The van der Waals surface area contributed by atoms with Gasteiger partial charge in [-0.3, -0.25) is 19.1 Å². The van der Waals surface area contributed by atoms with Gasteiger partial charge in [0.1, 0.15) is 11.6 Å². The first kappa shape index (κ1) is 21.7. The van der Waals surface area contributed by atoms with E-state index in [9.17, 15) is 18.4 Å². The molecule has 0 bridgehead atoms. The van der Waals surface area contributed by atoms with Gasteiger partial charge in [0.15, 0.2) is 5.16 Å². The van der Waals surface area contributed by atoms with Crippen molar-refractivity contribution in [1.82, 2.24) is 14.5 Å². The van der Waals surface area contributed by atoms with Crippen LogP contribution in [0, 0.1) is 11.6 Å². The smallest absolute Gasteiger partial charge is 0.266 e. The second-order valence-electron chi connectivity index (χ2n) is 7.36. The molecule has 0 aliphatic rings. The number of nitrogens with zero attached hydrogens (tertiary/aromatic N) is 3. The summed E-state index contributed by atoms with van der Waals surface area (Å²) in [6.45, 7) is 0. The van der Waals surface area contributed by atoms with E-state index in [1.165, 1.54) is 6.07 Å². The van der Waals surface area contributed by atoms with Crippen molar-refractivity contribution >= 4 is 45.2 Å². The van der Waals surface area contributed by atoms with Gasteiger partial charge in [0.25, 0.3) is 5.56 Å². The summed E-state index contributed by atoms with van der Waals surface area (Å²) in [4.78, 5) is 34.7. The number of hydrogen-bond donors (Lipinski definition) is 1. The van der Waals surface area contributed by atoms with Gasteiger partial charge in [0, 0.05) is 17.6 Å². The van der Waals surface area contributed by atoms with Crippen LogP contribution in [0.4, 0.5) is 14.5 Å². The lowest BCUT2D eigenvalue weighted by molar-refractivity contribution is -0.113. The minimum Gasteiger partial charge on any atom is -0.325 e. The molecule has 0 aliphatic carbocycles. The van der Waals surface area contributed by atoms with Crippen LogP contribution in [-0.4, -0.2) is 26.2 Å². The van der Waals surface area contributed by atoms with Crippen LogP contribution in [-0.2, 0) is 4.79 Å². The minimum atomic E-state index is -0.909. The molecular formula is C25H16F2N4O2S. The van der Waals surface area contributed by atoms with Gasteiger partial charge in [-0.05, 0) is 48.5 Å². The molecule has 0 saturated carbocycles. The highest BCUT2D eigenvalue weighted by atomic mass is 32.2. The quantitative estimate of drug-likeness (QED) is 0.288. The monoisotopic (exact) mass is 474 g/mol. The summed E-state index contributed by atoms with van der Waals surface area (Å²) >= 11 is 0.980. The fourth-order valence-corrected chi connectivity index (χ4v) is 4.42. The molecular weight excluding hydrogens is 458 g/mol. The van der Waals surface area contributed by atoms with E-state index in [2.05, 4.69) is 15.3 Å². The third-order valence-corrected chi connectivity index (χ3v) is 6.09. The minimum absolute atomic E-state index is 0.0930. The highest BCUT2D eigenvalue weighted by Gasteiger charge is 2.18. The topological polar surface area (TPSA) is 76.9 Å². The average Bonchev–Trinajstić information content (AvgIpc) is 2.84. The summed E-state index contributed by atoms with van der Waals surface area (Å²) < 4.78 is 29.2. The maximum atomic E-state index is 14.6. The molecule has 1 N–H and O–H groups in total. The summed E-state index contributed by atoms with van der Waals surface area (Å²) in [5.41, 5.74) is 1.09. The Hall–Kier alpha value is -4.11. The Morgan fingerprint density at radius 2 is 1.74 bits per heavy atom. The molecule has 0 radical (unpaired) electrons. The van der Waals surface area contributed by atoms with Gasteiger partial charge >= 0.3 is 0 Å². The molecule has 6 nitrogen and oxygen atoms in total. The van der Waals surface area contributed by atoms with Gasteiger partial charge in [-0.25, -0.2) is 13.8 Å². The van der Waals surface area contributed by atoms with Gasteiger partial charge in [0.2, 0.25) is 5.91 Å². The van der Waals surface area contributed by atoms with Crippen molar-refractivity contribution in [3.63, 3.8) is 0 Å². The Balaban J connectivity index is 1.49. The number of thioether (sulfide) groups is 1. The van der Waals surface area contributed by atoms with Crippen molar-refractivity contribution in [3.05, 3.63) is 101 Å². The normalized spacial score (nSPS) is 11.1. The third kappa shape index (κ3) is 4.13.